The van der Waals surface area contributed by atoms with Crippen LogP contribution < -0.4 is 5.32 Å². The molecule has 0 aliphatic rings. The molecule has 0 heterocycles. The Bertz CT molecular complexity index is 367. The summed E-state index contributed by atoms with van der Waals surface area (Å²) in [5.41, 5.74) is 0.992. The second kappa shape index (κ2) is 6.62. The van der Waals surface area contributed by atoms with Crippen molar-refractivity contribution in [3.63, 3.8) is 0 Å². The second-order valence-corrected chi connectivity index (χ2v) is 3.70. The first kappa shape index (κ1) is 12.3. The van der Waals surface area contributed by atoms with Crippen LogP contribution in [0.5, 0.6) is 0 Å². The van der Waals surface area contributed by atoms with Crippen molar-refractivity contribution >= 4 is 5.91 Å². The zero-order valence-corrected chi connectivity index (χ0v) is 9.44. The highest BCUT2D eigenvalue weighted by atomic mass is 16.1. The molecule has 0 saturated heterocycles. The van der Waals surface area contributed by atoms with Crippen LogP contribution in [-0.2, 0) is 11.2 Å². The molecule has 3 heteroatoms. The van der Waals surface area contributed by atoms with Gasteiger partial charge in [0.25, 0.3) is 0 Å². The summed E-state index contributed by atoms with van der Waals surface area (Å²) in [4.78, 5) is 11.6. The van der Waals surface area contributed by atoms with Gasteiger partial charge in [0.2, 0.25) is 5.91 Å². The van der Waals surface area contributed by atoms with E-state index in [0.29, 0.717) is 12.8 Å². The van der Waals surface area contributed by atoms with Gasteiger partial charge in [-0.15, -0.1) is 0 Å². The molecule has 84 valence electrons. The van der Waals surface area contributed by atoms with Crippen LogP contribution in [0.2, 0.25) is 0 Å². The molecule has 1 atom stereocenters. The lowest BCUT2D eigenvalue weighted by molar-refractivity contribution is -0.121. The molecule has 0 spiro atoms. The van der Waals surface area contributed by atoms with E-state index in [2.05, 4.69) is 11.4 Å². The number of amides is 1. The highest BCUT2D eigenvalue weighted by Gasteiger charge is 2.09. The normalized spacial score (nSPS) is 11.5. The average molecular weight is 216 g/mol. The second-order valence-electron chi connectivity index (χ2n) is 3.70. The van der Waals surface area contributed by atoms with Gasteiger partial charge in [0.15, 0.2) is 0 Å². The summed E-state index contributed by atoms with van der Waals surface area (Å²) in [6.07, 6.45) is 1.54. The van der Waals surface area contributed by atoms with E-state index >= 15 is 0 Å². The molecule has 1 aromatic carbocycles. The highest BCUT2D eigenvalue weighted by molar-refractivity contribution is 5.78. The molecule has 0 bridgehead atoms. The van der Waals surface area contributed by atoms with Crippen molar-refractivity contribution in [1.29, 1.82) is 5.26 Å². The van der Waals surface area contributed by atoms with Crippen LogP contribution >= 0.6 is 0 Å². The van der Waals surface area contributed by atoms with Crippen molar-refractivity contribution in [2.24, 2.45) is 0 Å². The van der Waals surface area contributed by atoms with Crippen molar-refractivity contribution < 1.29 is 4.79 Å². The number of rotatable bonds is 5. The van der Waals surface area contributed by atoms with Crippen molar-refractivity contribution in [3.05, 3.63) is 35.9 Å². The summed E-state index contributed by atoms with van der Waals surface area (Å²) >= 11 is 0. The van der Waals surface area contributed by atoms with Crippen LogP contribution in [0.4, 0.5) is 0 Å². The third-order valence-electron chi connectivity index (χ3n) is 2.40. The molecule has 1 unspecified atom stereocenters. The van der Waals surface area contributed by atoms with E-state index in [4.69, 9.17) is 5.26 Å². The lowest BCUT2D eigenvalue weighted by atomic mass is 10.1. The number of hydrogen-bond acceptors (Lipinski definition) is 2. The molecule has 1 amide bonds. The molecule has 0 aliphatic carbocycles. The van der Waals surface area contributed by atoms with Gasteiger partial charge in [0.1, 0.15) is 0 Å². The summed E-state index contributed by atoms with van der Waals surface area (Å²) < 4.78 is 0. The molecule has 1 aromatic rings. The first-order valence-corrected chi connectivity index (χ1v) is 5.46. The molecule has 0 radical (unpaired) electrons. The fourth-order valence-electron chi connectivity index (χ4n) is 1.47. The van der Waals surface area contributed by atoms with Gasteiger partial charge < -0.3 is 5.32 Å². The minimum absolute atomic E-state index is 0.0201. The van der Waals surface area contributed by atoms with Gasteiger partial charge in [0, 0.05) is 6.04 Å². The SMILES string of the molecule is CCC(CC#N)NC(=O)Cc1ccccc1. The van der Waals surface area contributed by atoms with Crippen LogP contribution in [-0.4, -0.2) is 11.9 Å². The van der Waals surface area contributed by atoms with Gasteiger partial charge in [-0.25, -0.2) is 0 Å². The largest absolute Gasteiger partial charge is 0.352 e. The van der Waals surface area contributed by atoms with Gasteiger partial charge in [-0.1, -0.05) is 37.3 Å². The lowest BCUT2D eigenvalue weighted by Gasteiger charge is -2.13. The first-order chi connectivity index (χ1) is 7.76. The zero-order valence-electron chi connectivity index (χ0n) is 9.44. The standard InChI is InChI=1S/C13H16N2O/c1-2-12(8-9-14)15-13(16)10-11-6-4-3-5-7-11/h3-7,12H,2,8,10H2,1H3,(H,15,16). The number of carbonyl (C=O) groups excluding carboxylic acids is 1. The number of carbonyl (C=O) groups is 1. The summed E-state index contributed by atoms with van der Waals surface area (Å²) in [7, 11) is 0. The zero-order chi connectivity index (χ0) is 11.8. The smallest absolute Gasteiger partial charge is 0.224 e. The lowest BCUT2D eigenvalue weighted by Crippen LogP contribution is -2.35. The van der Waals surface area contributed by atoms with Gasteiger partial charge in [-0.2, -0.15) is 5.26 Å². The summed E-state index contributed by atoms with van der Waals surface area (Å²) in [6.45, 7) is 1.96. The third-order valence-corrected chi connectivity index (χ3v) is 2.40. The quantitative estimate of drug-likeness (QED) is 0.818. The number of benzene rings is 1. The van der Waals surface area contributed by atoms with Gasteiger partial charge >= 0.3 is 0 Å². The number of nitrogens with one attached hydrogen (secondary N) is 1. The predicted octanol–water partition coefficient (Wildman–Crippen LogP) is 2.04. The molecule has 1 N–H and O–H groups in total. The van der Waals surface area contributed by atoms with Crippen LogP contribution in [0.3, 0.4) is 0 Å². The molecular weight excluding hydrogens is 200 g/mol. The van der Waals surface area contributed by atoms with Crippen molar-refractivity contribution in [2.45, 2.75) is 32.2 Å². The Balaban J connectivity index is 2.44. The Morgan fingerprint density at radius 1 is 1.44 bits per heavy atom. The van der Waals surface area contributed by atoms with Crippen LogP contribution in [0.25, 0.3) is 0 Å². The van der Waals surface area contributed by atoms with E-state index in [1.165, 1.54) is 0 Å². The van der Waals surface area contributed by atoms with Crippen LogP contribution in [0.1, 0.15) is 25.3 Å². The van der Waals surface area contributed by atoms with Gasteiger partial charge in [-0.3, -0.25) is 4.79 Å². The van der Waals surface area contributed by atoms with E-state index in [1.54, 1.807) is 0 Å². The summed E-state index contributed by atoms with van der Waals surface area (Å²) in [5.74, 6) is -0.0201. The fraction of sp³-hybridized carbons (Fsp3) is 0.385. The number of nitriles is 1. The molecule has 0 aromatic heterocycles. The molecule has 3 nitrogen and oxygen atoms in total. The predicted molar refractivity (Wildman–Crippen MR) is 62.6 cm³/mol. The number of hydrogen-bond donors (Lipinski definition) is 1. The Kier molecular flexibility index (Phi) is 5.07. The topological polar surface area (TPSA) is 52.9 Å². The molecule has 0 saturated carbocycles. The van der Waals surface area contributed by atoms with E-state index in [0.717, 1.165) is 12.0 Å². The van der Waals surface area contributed by atoms with Crippen molar-refractivity contribution in [2.75, 3.05) is 0 Å². The van der Waals surface area contributed by atoms with Crippen molar-refractivity contribution in [1.82, 2.24) is 5.32 Å². The van der Waals surface area contributed by atoms with Gasteiger partial charge in [0.05, 0.1) is 18.9 Å². The minimum Gasteiger partial charge on any atom is -0.352 e. The van der Waals surface area contributed by atoms with Crippen molar-refractivity contribution in [3.8, 4) is 6.07 Å². The fourth-order valence-corrected chi connectivity index (χ4v) is 1.47. The Morgan fingerprint density at radius 3 is 2.69 bits per heavy atom. The number of nitrogens with zero attached hydrogens (tertiary/aromatic N) is 1. The molecule has 0 aliphatic heterocycles. The maximum absolute atomic E-state index is 11.6. The Hall–Kier alpha value is -1.82. The monoisotopic (exact) mass is 216 g/mol. The van der Waals surface area contributed by atoms with E-state index in [9.17, 15) is 4.79 Å². The van der Waals surface area contributed by atoms with Crippen LogP contribution in [0, 0.1) is 11.3 Å². The molecule has 0 fully saturated rings. The minimum atomic E-state index is -0.0267. The first-order valence-electron chi connectivity index (χ1n) is 5.46. The van der Waals surface area contributed by atoms with E-state index < -0.39 is 0 Å². The maximum atomic E-state index is 11.6. The van der Waals surface area contributed by atoms with E-state index in [-0.39, 0.29) is 11.9 Å². The van der Waals surface area contributed by atoms with Gasteiger partial charge in [-0.05, 0) is 12.0 Å². The third kappa shape index (κ3) is 4.14. The van der Waals surface area contributed by atoms with E-state index in [1.807, 2.05) is 37.3 Å². The summed E-state index contributed by atoms with van der Waals surface area (Å²) in [5, 5.41) is 11.4. The average Bonchev–Trinajstić information content (AvgIpc) is 2.29. The highest BCUT2D eigenvalue weighted by Crippen LogP contribution is 2.01. The Labute approximate surface area is 96.1 Å². The molecular formula is C13H16N2O. The summed E-state index contributed by atoms with van der Waals surface area (Å²) in [6, 6.07) is 11.6. The molecule has 16 heavy (non-hydrogen) atoms. The Morgan fingerprint density at radius 2 is 2.12 bits per heavy atom. The maximum Gasteiger partial charge on any atom is 0.224 e. The van der Waals surface area contributed by atoms with Crippen LogP contribution in [0.15, 0.2) is 30.3 Å². The molecule has 1 rings (SSSR count).